The quantitative estimate of drug-likeness (QED) is 0.559. The summed E-state index contributed by atoms with van der Waals surface area (Å²) in [5.74, 6) is 2.40. The van der Waals surface area contributed by atoms with E-state index in [0.717, 1.165) is 17.8 Å². The van der Waals surface area contributed by atoms with Crippen LogP contribution in [0.15, 0.2) is 23.8 Å². The number of fused-ring (bicyclic) bond motifs is 1. The summed E-state index contributed by atoms with van der Waals surface area (Å²) >= 11 is 0. The first-order valence-corrected chi connectivity index (χ1v) is 8.46. The Bertz CT molecular complexity index is 335. The molecule has 19 heavy (non-hydrogen) atoms. The molecule has 0 N–H and O–H groups in total. The van der Waals surface area contributed by atoms with Crippen molar-refractivity contribution in [3.05, 3.63) is 23.8 Å². The molecular weight excluding hydrogens is 228 g/mol. The van der Waals surface area contributed by atoms with Crippen molar-refractivity contribution >= 4 is 0 Å². The first-order chi connectivity index (χ1) is 9.09. The van der Waals surface area contributed by atoms with E-state index < -0.39 is 0 Å². The highest BCUT2D eigenvalue weighted by molar-refractivity contribution is 5.29. The molecule has 0 spiro atoms. The van der Waals surface area contributed by atoms with Gasteiger partial charge in [0.15, 0.2) is 0 Å². The third kappa shape index (κ3) is 2.83. The molecular formula is C19H32. The Morgan fingerprint density at radius 1 is 1.00 bits per heavy atom. The van der Waals surface area contributed by atoms with E-state index in [0.29, 0.717) is 5.41 Å². The summed E-state index contributed by atoms with van der Waals surface area (Å²) in [7, 11) is 0. The zero-order valence-corrected chi connectivity index (χ0v) is 13.4. The summed E-state index contributed by atoms with van der Waals surface area (Å²) in [6.45, 7) is 9.75. The molecule has 1 saturated carbocycles. The monoisotopic (exact) mass is 260 g/mol. The zero-order valence-electron chi connectivity index (χ0n) is 13.4. The molecule has 108 valence electrons. The minimum absolute atomic E-state index is 0.466. The van der Waals surface area contributed by atoms with E-state index in [-0.39, 0.29) is 0 Å². The van der Waals surface area contributed by atoms with Crippen molar-refractivity contribution in [3.63, 3.8) is 0 Å². The summed E-state index contributed by atoms with van der Waals surface area (Å²) in [5, 5.41) is 0. The third-order valence-electron chi connectivity index (χ3n) is 5.78. The number of hydrogen-bond acceptors (Lipinski definition) is 0. The maximum Gasteiger partial charge on any atom is -0.00360 e. The lowest BCUT2D eigenvalue weighted by molar-refractivity contribution is 0.168. The van der Waals surface area contributed by atoms with Gasteiger partial charge in [0.2, 0.25) is 0 Å². The van der Waals surface area contributed by atoms with Crippen LogP contribution in [0.4, 0.5) is 0 Å². The van der Waals surface area contributed by atoms with E-state index in [1.807, 2.05) is 0 Å². The van der Waals surface area contributed by atoms with Crippen molar-refractivity contribution in [2.45, 2.75) is 72.6 Å². The van der Waals surface area contributed by atoms with Gasteiger partial charge in [0.05, 0.1) is 0 Å². The van der Waals surface area contributed by atoms with Gasteiger partial charge in [-0.25, -0.2) is 0 Å². The zero-order chi connectivity index (χ0) is 13.9. The predicted octanol–water partition coefficient (Wildman–Crippen LogP) is 6.14. The van der Waals surface area contributed by atoms with Gasteiger partial charge in [-0.1, -0.05) is 64.3 Å². The molecule has 0 amide bonds. The molecule has 1 fully saturated rings. The van der Waals surface area contributed by atoms with Crippen LogP contribution in [-0.2, 0) is 0 Å². The smallest absolute Gasteiger partial charge is 0.00360 e. The highest BCUT2D eigenvalue weighted by Crippen LogP contribution is 2.57. The van der Waals surface area contributed by atoms with E-state index >= 15 is 0 Å². The summed E-state index contributed by atoms with van der Waals surface area (Å²) in [4.78, 5) is 0. The Morgan fingerprint density at radius 3 is 2.42 bits per heavy atom. The van der Waals surface area contributed by atoms with Crippen molar-refractivity contribution in [2.75, 3.05) is 0 Å². The number of rotatable bonds is 2. The molecule has 2 aliphatic rings. The van der Waals surface area contributed by atoms with Crippen LogP contribution >= 0.6 is 0 Å². The Balaban J connectivity index is 2.35. The van der Waals surface area contributed by atoms with Gasteiger partial charge in [-0.3, -0.25) is 0 Å². The molecule has 0 heteroatoms. The summed E-state index contributed by atoms with van der Waals surface area (Å²) in [6.07, 6.45) is 17.0. The number of hydrogen-bond donors (Lipinski definition) is 0. The highest BCUT2D eigenvalue weighted by atomic mass is 14.5. The van der Waals surface area contributed by atoms with Crippen LogP contribution in [0.3, 0.4) is 0 Å². The van der Waals surface area contributed by atoms with E-state index in [1.54, 1.807) is 5.57 Å². The van der Waals surface area contributed by atoms with Gasteiger partial charge in [-0.15, -0.1) is 0 Å². The fourth-order valence-corrected chi connectivity index (χ4v) is 4.69. The first-order valence-electron chi connectivity index (χ1n) is 8.46. The summed E-state index contributed by atoms with van der Waals surface area (Å²) in [5.41, 5.74) is 2.25. The highest BCUT2D eigenvalue weighted by Gasteiger charge is 2.47. The Hall–Kier alpha value is -0.520. The minimum atomic E-state index is 0.466. The molecule has 2 rings (SSSR count). The van der Waals surface area contributed by atoms with Crippen LogP contribution in [-0.4, -0.2) is 0 Å². The van der Waals surface area contributed by atoms with Gasteiger partial charge in [-0.05, 0) is 55.3 Å². The maximum absolute atomic E-state index is 2.50. The van der Waals surface area contributed by atoms with Crippen LogP contribution in [0, 0.1) is 23.2 Å². The van der Waals surface area contributed by atoms with Crippen LogP contribution in [0.1, 0.15) is 72.6 Å². The topological polar surface area (TPSA) is 0 Å². The van der Waals surface area contributed by atoms with Crippen LogP contribution in [0.2, 0.25) is 0 Å². The standard InChI is InChI=1S/C19H32/c1-15(2)19(16(3)4)14-13-17-11-9-7-5-6-8-10-12-18(17)19/h8,10,12,15-17H,5-7,9,11,13-14H2,1-4H3/b10-8+,18-12-. The van der Waals surface area contributed by atoms with E-state index in [4.69, 9.17) is 0 Å². The van der Waals surface area contributed by atoms with Gasteiger partial charge < -0.3 is 0 Å². The lowest BCUT2D eigenvalue weighted by atomic mass is 9.64. The van der Waals surface area contributed by atoms with Crippen LogP contribution in [0.25, 0.3) is 0 Å². The maximum atomic E-state index is 2.50. The molecule has 2 aliphatic carbocycles. The lowest BCUT2D eigenvalue weighted by Gasteiger charge is -2.40. The van der Waals surface area contributed by atoms with Gasteiger partial charge in [0.1, 0.15) is 0 Å². The molecule has 1 unspecified atom stereocenters. The summed E-state index contributed by atoms with van der Waals surface area (Å²) in [6, 6.07) is 0. The van der Waals surface area contributed by atoms with Gasteiger partial charge in [0, 0.05) is 0 Å². The molecule has 0 saturated heterocycles. The SMILES string of the molecule is CC(C)C1(C(C)C)CCC2CCCCC/C=C/C=C/21. The molecule has 0 heterocycles. The second-order valence-corrected chi connectivity index (χ2v) is 7.27. The van der Waals surface area contributed by atoms with Gasteiger partial charge >= 0.3 is 0 Å². The molecule has 0 radical (unpaired) electrons. The average molecular weight is 260 g/mol. The molecule has 0 aromatic rings. The minimum Gasteiger partial charge on any atom is -0.0845 e. The van der Waals surface area contributed by atoms with Crippen molar-refractivity contribution in [3.8, 4) is 0 Å². The Labute approximate surface area is 120 Å². The average Bonchev–Trinajstić information content (AvgIpc) is 2.74. The summed E-state index contributed by atoms with van der Waals surface area (Å²) < 4.78 is 0. The molecule has 0 aromatic heterocycles. The normalized spacial score (nSPS) is 31.9. The van der Waals surface area contributed by atoms with Crippen molar-refractivity contribution < 1.29 is 0 Å². The van der Waals surface area contributed by atoms with Gasteiger partial charge in [0.25, 0.3) is 0 Å². The first kappa shape index (κ1) is 14.9. The predicted molar refractivity (Wildman–Crippen MR) is 85.1 cm³/mol. The third-order valence-corrected chi connectivity index (χ3v) is 5.78. The second kappa shape index (κ2) is 6.29. The molecule has 0 nitrogen and oxygen atoms in total. The number of allylic oxidation sites excluding steroid dienone is 4. The van der Waals surface area contributed by atoms with Crippen LogP contribution < -0.4 is 0 Å². The van der Waals surface area contributed by atoms with Gasteiger partial charge in [-0.2, -0.15) is 0 Å². The van der Waals surface area contributed by atoms with Crippen molar-refractivity contribution in [2.24, 2.45) is 23.2 Å². The molecule has 1 atom stereocenters. The van der Waals surface area contributed by atoms with Crippen molar-refractivity contribution in [1.82, 2.24) is 0 Å². The largest absolute Gasteiger partial charge is 0.0845 e. The van der Waals surface area contributed by atoms with E-state index in [2.05, 4.69) is 45.9 Å². The molecule has 0 bridgehead atoms. The lowest BCUT2D eigenvalue weighted by Crippen LogP contribution is -2.32. The van der Waals surface area contributed by atoms with Crippen LogP contribution in [0.5, 0.6) is 0 Å². The Morgan fingerprint density at radius 2 is 1.74 bits per heavy atom. The fraction of sp³-hybridized carbons (Fsp3) is 0.789. The fourth-order valence-electron chi connectivity index (χ4n) is 4.69. The molecule has 0 aliphatic heterocycles. The van der Waals surface area contributed by atoms with E-state index in [9.17, 15) is 0 Å². The second-order valence-electron chi connectivity index (χ2n) is 7.27. The van der Waals surface area contributed by atoms with Crippen molar-refractivity contribution in [1.29, 1.82) is 0 Å². The molecule has 0 aromatic carbocycles. The Kier molecular flexibility index (Phi) is 4.92. The van der Waals surface area contributed by atoms with E-state index in [1.165, 1.54) is 44.9 Å².